The standard InChI is InChI=1S/C11H19N3O2S2/c1-3-4-12-9(15)7-14(2)10(16)8-18-11-13-5-6-17-11/h3-8H2,1-2H3,(H,12,15). The van der Waals surface area contributed by atoms with E-state index in [9.17, 15) is 9.59 Å². The third-order valence-corrected chi connectivity index (χ3v) is 4.49. The molecule has 0 saturated carbocycles. The van der Waals surface area contributed by atoms with E-state index in [0.29, 0.717) is 12.3 Å². The summed E-state index contributed by atoms with van der Waals surface area (Å²) in [5.41, 5.74) is 0. The van der Waals surface area contributed by atoms with Crippen molar-refractivity contribution in [3.63, 3.8) is 0 Å². The van der Waals surface area contributed by atoms with Crippen LogP contribution >= 0.6 is 23.5 Å². The first-order valence-electron chi connectivity index (χ1n) is 5.94. The van der Waals surface area contributed by atoms with Crippen molar-refractivity contribution in [1.82, 2.24) is 10.2 Å². The zero-order valence-electron chi connectivity index (χ0n) is 10.8. The van der Waals surface area contributed by atoms with Crippen molar-refractivity contribution < 1.29 is 9.59 Å². The van der Waals surface area contributed by atoms with E-state index >= 15 is 0 Å². The molecule has 0 aliphatic carbocycles. The van der Waals surface area contributed by atoms with E-state index in [2.05, 4.69) is 10.3 Å². The van der Waals surface area contributed by atoms with Crippen LogP contribution < -0.4 is 5.32 Å². The van der Waals surface area contributed by atoms with Gasteiger partial charge in [-0.3, -0.25) is 14.6 Å². The summed E-state index contributed by atoms with van der Waals surface area (Å²) in [7, 11) is 1.65. The Balaban J connectivity index is 2.21. The molecule has 1 aliphatic rings. The second kappa shape index (κ2) is 8.42. The molecule has 1 aliphatic heterocycles. The maximum atomic E-state index is 11.8. The number of carbonyl (C=O) groups excluding carboxylic acids is 2. The summed E-state index contributed by atoms with van der Waals surface area (Å²) in [5, 5.41) is 2.75. The van der Waals surface area contributed by atoms with Gasteiger partial charge in [-0.15, -0.1) is 0 Å². The van der Waals surface area contributed by atoms with E-state index in [1.807, 2.05) is 6.92 Å². The first-order chi connectivity index (χ1) is 8.63. The van der Waals surface area contributed by atoms with Crippen LogP contribution in [0.5, 0.6) is 0 Å². The maximum Gasteiger partial charge on any atom is 0.239 e. The predicted octanol–water partition coefficient (Wildman–Crippen LogP) is 0.807. The minimum Gasteiger partial charge on any atom is -0.355 e. The van der Waals surface area contributed by atoms with Gasteiger partial charge in [-0.2, -0.15) is 0 Å². The molecule has 0 fully saturated rings. The average molecular weight is 289 g/mol. The lowest BCUT2D eigenvalue weighted by molar-refractivity contribution is -0.132. The largest absolute Gasteiger partial charge is 0.355 e. The van der Waals surface area contributed by atoms with Crippen LogP contribution in [0.25, 0.3) is 0 Å². The molecule has 0 saturated heterocycles. The van der Waals surface area contributed by atoms with Gasteiger partial charge in [0, 0.05) is 19.3 Å². The van der Waals surface area contributed by atoms with Gasteiger partial charge in [0.25, 0.3) is 0 Å². The molecule has 0 spiro atoms. The highest BCUT2D eigenvalue weighted by Crippen LogP contribution is 2.21. The molecule has 0 unspecified atom stereocenters. The molecule has 102 valence electrons. The Morgan fingerprint density at radius 2 is 2.33 bits per heavy atom. The van der Waals surface area contributed by atoms with Crippen LogP contribution in [0, 0.1) is 0 Å². The number of thioether (sulfide) groups is 2. The number of hydrogen-bond donors (Lipinski definition) is 1. The minimum absolute atomic E-state index is 0.0400. The molecular formula is C11H19N3O2S2. The first kappa shape index (κ1) is 15.4. The van der Waals surface area contributed by atoms with Crippen LogP contribution in [-0.4, -0.2) is 59.3 Å². The zero-order valence-corrected chi connectivity index (χ0v) is 12.4. The van der Waals surface area contributed by atoms with E-state index in [-0.39, 0.29) is 18.4 Å². The molecule has 5 nitrogen and oxygen atoms in total. The number of carbonyl (C=O) groups is 2. The summed E-state index contributed by atoms with van der Waals surface area (Å²) in [4.78, 5) is 28.9. The highest BCUT2D eigenvalue weighted by molar-refractivity contribution is 8.39. The third-order valence-electron chi connectivity index (χ3n) is 2.26. The second-order valence-electron chi connectivity index (χ2n) is 3.88. The minimum atomic E-state index is -0.106. The van der Waals surface area contributed by atoms with E-state index in [0.717, 1.165) is 23.1 Å². The van der Waals surface area contributed by atoms with Crippen LogP contribution in [0.2, 0.25) is 0 Å². The lowest BCUT2D eigenvalue weighted by atomic mass is 10.4. The van der Waals surface area contributed by atoms with Crippen LogP contribution in [0.1, 0.15) is 13.3 Å². The molecule has 1 heterocycles. The molecule has 7 heteroatoms. The van der Waals surface area contributed by atoms with Crippen molar-refractivity contribution in [3.8, 4) is 0 Å². The van der Waals surface area contributed by atoms with Gasteiger partial charge in [0.2, 0.25) is 11.8 Å². The molecule has 0 radical (unpaired) electrons. The second-order valence-corrected chi connectivity index (χ2v) is 6.19. The zero-order chi connectivity index (χ0) is 13.4. The van der Waals surface area contributed by atoms with E-state index in [1.165, 1.54) is 16.7 Å². The van der Waals surface area contributed by atoms with E-state index in [4.69, 9.17) is 0 Å². The van der Waals surface area contributed by atoms with Gasteiger partial charge in [0.05, 0.1) is 18.8 Å². The Labute approximate surface area is 116 Å². The van der Waals surface area contributed by atoms with Gasteiger partial charge in [-0.05, 0) is 6.42 Å². The maximum absolute atomic E-state index is 11.8. The van der Waals surface area contributed by atoms with Crippen molar-refractivity contribution in [1.29, 1.82) is 0 Å². The lowest BCUT2D eigenvalue weighted by Crippen LogP contribution is -2.39. The number of likely N-dealkylation sites (N-methyl/N-ethyl adjacent to an activating group) is 1. The predicted molar refractivity (Wildman–Crippen MR) is 78.2 cm³/mol. The Morgan fingerprint density at radius 3 is 2.94 bits per heavy atom. The number of aliphatic imine (C=N–C) groups is 1. The van der Waals surface area contributed by atoms with Gasteiger partial charge in [-0.1, -0.05) is 30.4 Å². The molecule has 1 rings (SSSR count). The summed E-state index contributed by atoms with van der Waals surface area (Å²) >= 11 is 3.14. The topological polar surface area (TPSA) is 61.8 Å². The smallest absolute Gasteiger partial charge is 0.239 e. The van der Waals surface area contributed by atoms with Crippen LogP contribution in [0.4, 0.5) is 0 Å². The van der Waals surface area contributed by atoms with Gasteiger partial charge in [0.15, 0.2) is 0 Å². The Bertz CT molecular complexity index is 334. The quantitative estimate of drug-likeness (QED) is 0.786. The third kappa shape index (κ3) is 5.77. The molecule has 0 atom stereocenters. The summed E-state index contributed by atoms with van der Waals surface area (Å²) in [6.45, 7) is 3.62. The van der Waals surface area contributed by atoms with Gasteiger partial charge in [0.1, 0.15) is 4.38 Å². The molecule has 0 bridgehead atoms. The molecule has 1 N–H and O–H groups in total. The number of nitrogens with one attached hydrogen (secondary N) is 1. The van der Waals surface area contributed by atoms with Crippen molar-refractivity contribution in [2.45, 2.75) is 13.3 Å². The molecule has 0 aromatic heterocycles. The Kier molecular flexibility index (Phi) is 7.19. The SMILES string of the molecule is CCCNC(=O)CN(C)C(=O)CSC1=NCCS1. The van der Waals surface area contributed by atoms with Crippen molar-refractivity contribution in [2.24, 2.45) is 4.99 Å². The fraction of sp³-hybridized carbons (Fsp3) is 0.727. The highest BCUT2D eigenvalue weighted by atomic mass is 32.2. The molecule has 0 aromatic rings. The normalized spacial score (nSPS) is 14.2. The Morgan fingerprint density at radius 1 is 1.56 bits per heavy atom. The fourth-order valence-corrected chi connectivity index (χ4v) is 3.21. The first-order valence-corrected chi connectivity index (χ1v) is 7.91. The summed E-state index contributed by atoms with van der Waals surface area (Å²) in [5.74, 6) is 1.21. The Hall–Kier alpha value is -0.690. The van der Waals surface area contributed by atoms with Crippen molar-refractivity contribution in [3.05, 3.63) is 0 Å². The number of amides is 2. The number of rotatable bonds is 6. The van der Waals surface area contributed by atoms with Crippen molar-refractivity contribution >= 4 is 39.7 Å². The van der Waals surface area contributed by atoms with Crippen molar-refractivity contribution in [2.75, 3.05) is 38.2 Å². The molecule has 2 amide bonds. The highest BCUT2D eigenvalue weighted by Gasteiger charge is 2.15. The van der Waals surface area contributed by atoms with Gasteiger partial charge in [-0.25, -0.2) is 0 Å². The van der Waals surface area contributed by atoms with Crippen LogP contribution in [0.3, 0.4) is 0 Å². The fourth-order valence-electron chi connectivity index (χ4n) is 1.26. The lowest BCUT2D eigenvalue weighted by Gasteiger charge is -2.16. The van der Waals surface area contributed by atoms with Gasteiger partial charge >= 0.3 is 0 Å². The van der Waals surface area contributed by atoms with Crippen LogP contribution in [0.15, 0.2) is 4.99 Å². The monoisotopic (exact) mass is 289 g/mol. The van der Waals surface area contributed by atoms with Gasteiger partial charge < -0.3 is 10.2 Å². The molecular weight excluding hydrogens is 270 g/mol. The number of hydrogen-bond acceptors (Lipinski definition) is 5. The molecule has 18 heavy (non-hydrogen) atoms. The van der Waals surface area contributed by atoms with Crippen LogP contribution in [-0.2, 0) is 9.59 Å². The summed E-state index contributed by atoms with van der Waals surface area (Å²) in [6.07, 6.45) is 0.899. The van der Waals surface area contributed by atoms with E-state index in [1.54, 1.807) is 18.8 Å². The summed E-state index contributed by atoms with van der Waals surface area (Å²) < 4.78 is 0.979. The molecule has 0 aromatic carbocycles. The van der Waals surface area contributed by atoms with E-state index < -0.39 is 0 Å². The number of nitrogens with zero attached hydrogens (tertiary/aromatic N) is 2. The summed E-state index contributed by atoms with van der Waals surface area (Å²) in [6, 6.07) is 0. The average Bonchev–Trinajstić information content (AvgIpc) is 2.86.